The number of nitrogens with one attached hydrogen (secondary N) is 2. The number of hydrogen-bond donors (Lipinski definition) is 3. The minimum Gasteiger partial charge on any atom is -0.501 e. The Morgan fingerprint density at radius 2 is 2.07 bits per heavy atom. The number of carbonyl (C=O) groups is 1. The molecule has 0 saturated carbocycles. The highest BCUT2D eigenvalue weighted by Gasteiger charge is 2.41. The van der Waals surface area contributed by atoms with Gasteiger partial charge in [0.05, 0.1) is 12.6 Å². The first-order valence-electron chi connectivity index (χ1n) is 8.12. The van der Waals surface area contributed by atoms with Crippen molar-refractivity contribution in [3.05, 3.63) is 57.5 Å². The van der Waals surface area contributed by atoms with Crippen molar-refractivity contribution >= 4 is 5.91 Å². The first kappa shape index (κ1) is 18.9. The van der Waals surface area contributed by atoms with Crippen LogP contribution in [0.15, 0.2) is 29.1 Å². The van der Waals surface area contributed by atoms with Crippen LogP contribution in [-0.2, 0) is 13.6 Å². The van der Waals surface area contributed by atoms with Gasteiger partial charge in [0.25, 0.3) is 17.4 Å². The van der Waals surface area contributed by atoms with Gasteiger partial charge >= 0.3 is 0 Å². The van der Waals surface area contributed by atoms with Crippen molar-refractivity contribution in [1.29, 1.82) is 0 Å². The van der Waals surface area contributed by atoms with E-state index >= 15 is 0 Å². The Kier molecular flexibility index (Phi) is 4.92. The van der Waals surface area contributed by atoms with E-state index < -0.39 is 53.7 Å². The average Bonchev–Trinajstić information content (AvgIpc) is 2.99. The minimum atomic E-state index is -2.95. The molecule has 1 saturated heterocycles. The molecule has 1 aromatic carbocycles. The van der Waals surface area contributed by atoms with Gasteiger partial charge in [0.15, 0.2) is 5.69 Å². The second-order valence-corrected chi connectivity index (χ2v) is 6.33. The quantitative estimate of drug-likeness (QED) is 0.739. The summed E-state index contributed by atoms with van der Waals surface area (Å²) in [7, 11) is 1.28. The molecule has 1 aliphatic rings. The zero-order valence-corrected chi connectivity index (χ0v) is 14.3. The van der Waals surface area contributed by atoms with Crippen molar-refractivity contribution in [2.45, 2.75) is 24.9 Å². The maximum Gasteiger partial charge on any atom is 0.296 e. The number of rotatable bonds is 4. The van der Waals surface area contributed by atoms with Crippen LogP contribution in [0.4, 0.5) is 13.2 Å². The van der Waals surface area contributed by atoms with Crippen LogP contribution in [-0.4, -0.2) is 33.0 Å². The van der Waals surface area contributed by atoms with E-state index in [4.69, 9.17) is 0 Å². The second-order valence-electron chi connectivity index (χ2n) is 6.33. The van der Waals surface area contributed by atoms with Crippen LogP contribution in [0, 0.1) is 5.82 Å². The number of alkyl halides is 2. The van der Waals surface area contributed by atoms with E-state index in [9.17, 15) is 27.9 Å². The summed E-state index contributed by atoms with van der Waals surface area (Å²) in [6.45, 7) is -0.564. The van der Waals surface area contributed by atoms with Crippen molar-refractivity contribution in [3.8, 4) is 5.75 Å². The summed E-state index contributed by atoms with van der Waals surface area (Å²) < 4.78 is 40.8. The summed E-state index contributed by atoms with van der Waals surface area (Å²) in [5.74, 6) is -5.17. The fraction of sp³-hybridized carbons (Fsp3) is 0.353. The number of halogens is 3. The maximum atomic E-state index is 13.5. The molecule has 2 aromatic rings. The van der Waals surface area contributed by atoms with Crippen LogP contribution < -0.4 is 16.2 Å². The molecule has 3 rings (SSSR count). The number of aromatic hydroxyl groups is 1. The lowest BCUT2D eigenvalue weighted by atomic mass is 10.1. The average molecular weight is 382 g/mol. The molecule has 1 amide bonds. The molecule has 3 N–H and O–H groups in total. The fourth-order valence-electron chi connectivity index (χ4n) is 2.84. The van der Waals surface area contributed by atoms with Gasteiger partial charge in [-0.3, -0.25) is 14.2 Å². The molecule has 1 aliphatic heterocycles. The van der Waals surface area contributed by atoms with E-state index in [1.165, 1.54) is 31.3 Å². The summed E-state index contributed by atoms with van der Waals surface area (Å²) in [5.41, 5.74) is -0.874. The minimum absolute atomic E-state index is 0.00449. The van der Waals surface area contributed by atoms with Gasteiger partial charge in [-0.15, -0.1) is 0 Å². The Hall–Kier alpha value is -2.88. The van der Waals surface area contributed by atoms with Crippen LogP contribution in [0.5, 0.6) is 5.75 Å². The third-order valence-corrected chi connectivity index (χ3v) is 4.30. The molecule has 0 radical (unpaired) electrons. The number of hydrogen-bond acceptors (Lipinski definition) is 5. The third kappa shape index (κ3) is 3.95. The molecule has 7 nitrogen and oxygen atoms in total. The molecular weight excluding hydrogens is 365 g/mol. The lowest BCUT2D eigenvalue weighted by Gasteiger charge is -2.16. The molecular formula is C17H17F3N4O3. The van der Waals surface area contributed by atoms with Crippen molar-refractivity contribution in [3.63, 3.8) is 0 Å². The van der Waals surface area contributed by atoms with Crippen LogP contribution in [0.3, 0.4) is 0 Å². The van der Waals surface area contributed by atoms with E-state index in [-0.39, 0.29) is 12.4 Å². The Labute approximate surface area is 151 Å². The lowest BCUT2D eigenvalue weighted by molar-refractivity contribution is 0.0206. The van der Waals surface area contributed by atoms with Gasteiger partial charge in [0.2, 0.25) is 5.75 Å². The fourth-order valence-corrected chi connectivity index (χ4v) is 2.84. The highest BCUT2D eigenvalue weighted by molar-refractivity contribution is 5.94. The highest BCUT2D eigenvalue weighted by atomic mass is 19.3. The van der Waals surface area contributed by atoms with E-state index in [1.807, 2.05) is 0 Å². The van der Waals surface area contributed by atoms with Crippen molar-refractivity contribution in [1.82, 2.24) is 20.2 Å². The first-order valence-corrected chi connectivity index (χ1v) is 8.12. The maximum absolute atomic E-state index is 13.5. The molecule has 1 fully saturated rings. The van der Waals surface area contributed by atoms with Crippen LogP contribution in [0.2, 0.25) is 0 Å². The summed E-state index contributed by atoms with van der Waals surface area (Å²) in [5, 5.41) is 15.0. The van der Waals surface area contributed by atoms with Gasteiger partial charge in [-0.05, 0) is 17.7 Å². The van der Waals surface area contributed by atoms with Crippen LogP contribution >= 0.6 is 0 Å². The molecule has 0 aliphatic carbocycles. The number of nitrogens with zero attached hydrogens (tertiary/aromatic N) is 2. The number of carbonyl (C=O) groups excluding carboxylic acids is 1. The first-order chi connectivity index (χ1) is 12.7. The SMILES string of the molecule is Cn1c([C@@H]2CC(F)(F)CN2)nc(C(=O)NCc2ccc(F)cc2)c(O)c1=O. The third-order valence-electron chi connectivity index (χ3n) is 4.30. The summed E-state index contributed by atoms with van der Waals surface area (Å²) >= 11 is 0. The highest BCUT2D eigenvalue weighted by Crippen LogP contribution is 2.33. The van der Waals surface area contributed by atoms with Crippen LogP contribution in [0.1, 0.15) is 34.3 Å². The van der Waals surface area contributed by atoms with E-state index in [0.29, 0.717) is 5.56 Å². The standard InChI is InChI=1S/C17H17F3N4O3/c1-24-14(11-6-17(19,20)8-22-11)23-12(13(25)16(24)27)15(26)21-7-9-2-4-10(18)5-3-9/h2-5,11,22,25H,6-8H2,1H3,(H,21,26)/t11-/m0/s1. The van der Waals surface area contributed by atoms with Gasteiger partial charge in [-0.25, -0.2) is 18.2 Å². The normalized spacial score (nSPS) is 18.4. The predicted octanol–water partition coefficient (Wildman–Crippen LogP) is 1.22. The van der Waals surface area contributed by atoms with Crippen molar-refractivity contribution in [2.24, 2.45) is 7.05 Å². The molecule has 2 heterocycles. The summed E-state index contributed by atoms with van der Waals surface area (Å²) in [4.78, 5) is 28.5. The van der Waals surface area contributed by atoms with Gasteiger partial charge in [0.1, 0.15) is 11.6 Å². The van der Waals surface area contributed by atoms with Gasteiger partial charge in [-0.1, -0.05) is 12.1 Å². The van der Waals surface area contributed by atoms with Gasteiger partial charge in [-0.2, -0.15) is 0 Å². The molecule has 0 unspecified atom stereocenters. The summed E-state index contributed by atoms with van der Waals surface area (Å²) in [6, 6.07) is 4.44. The van der Waals surface area contributed by atoms with E-state index in [0.717, 1.165) is 4.57 Å². The zero-order valence-electron chi connectivity index (χ0n) is 14.3. The van der Waals surface area contributed by atoms with Gasteiger partial charge < -0.3 is 15.7 Å². The molecule has 1 aromatic heterocycles. The molecule has 1 atom stereocenters. The molecule has 27 heavy (non-hydrogen) atoms. The number of aromatic nitrogens is 2. The lowest BCUT2D eigenvalue weighted by Crippen LogP contribution is -2.32. The predicted molar refractivity (Wildman–Crippen MR) is 89.0 cm³/mol. The Morgan fingerprint density at radius 1 is 1.41 bits per heavy atom. The van der Waals surface area contributed by atoms with Gasteiger partial charge in [0, 0.05) is 20.0 Å². The monoisotopic (exact) mass is 382 g/mol. The topological polar surface area (TPSA) is 96.2 Å². The van der Waals surface area contributed by atoms with Crippen molar-refractivity contribution < 1.29 is 23.1 Å². The number of amides is 1. The Bertz CT molecular complexity index is 928. The molecule has 10 heteroatoms. The second kappa shape index (κ2) is 7.03. The Balaban J connectivity index is 1.85. The smallest absolute Gasteiger partial charge is 0.296 e. The largest absolute Gasteiger partial charge is 0.501 e. The number of benzene rings is 1. The Morgan fingerprint density at radius 3 is 2.67 bits per heavy atom. The molecule has 0 spiro atoms. The molecule has 0 bridgehead atoms. The molecule has 144 valence electrons. The van der Waals surface area contributed by atoms with E-state index in [1.54, 1.807) is 0 Å². The van der Waals surface area contributed by atoms with E-state index in [2.05, 4.69) is 15.6 Å². The van der Waals surface area contributed by atoms with Crippen molar-refractivity contribution in [2.75, 3.05) is 6.54 Å². The zero-order chi connectivity index (χ0) is 19.8. The summed E-state index contributed by atoms with van der Waals surface area (Å²) in [6.07, 6.45) is -0.575. The van der Waals surface area contributed by atoms with Crippen LogP contribution in [0.25, 0.3) is 0 Å².